The van der Waals surface area contributed by atoms with Crippen molar-refractivity contribution in [3.05, 3.63) is 73.8 Å². The number of carboxylic acid groups (broad SMARTS) is 1. The van der Waals surface area contributed by atoms with Crippen molar-refractivity contribution in [2.45, 2.75) is 24.5 Å². The second-order valence-corrected chi connectivity index (χ2v) is 13.7. The highest BCUT2D eigenvalue weighted by Crippen LogP contribution is 2.40. The Bertz CT molecular complexity index is 1950. The molecule has 2 aliphatic heterocycles. The molecule has 1 fully saturated rings. The Morgan fingerprint density at radius 2 is 2.18 bits per heavy atom. The maximum absolute atomic E-state index is 13.3. The fourth-order valence-electron chi connectivity index (χ4n) is 5.22. The van der Waals surface area contributed by atoms with Crippen molar-refractivity contribution in [1.29, 1.82) is 5.41 Å². The number of pyridine rings is 1. The topological polar surface area (TPSA) is 209 Å². The average Bonchev–Trinajstić information content (AvgIpc) is 3.73. The summed E-state index contributed by atoms with van der Waals surface area (Å²) in [6.07, 6.45) is 3.78. The van der Waals surface area contributed by atoms with Gasteiger partial charge >= 0.3 is 0 Å². The second kappa shape index (κ2) is 12.2. The number of aliphatic carboxylic acids is 1. The van der Waals surface area contributed by atoms with Crippen molar-refractivity contribution in [1.82, 2.24) is 19.8 Å². The number of β-lactam (4-membered cyclic amide) rings is 1. The summed E-state index contributed by atoms with van der Waals surface area (Å²) in [7, 11) is 1.24. The van der Waals surface area contributed by atoms with E-state index in [0.29, 0.717) is 17.7 Å². The zero-order valence-electron chi connectivity index (χ0n) is 23.4. The summed E-state index contributed by atoms with van der Waals surface area (Å²) in [5.41, 5.74) is 13.8. The Labute approximate surface area is 272 Å². The smallest absolute Gasteiger partial charge is 0.276 e. The highest BCUT2D eigenvalue weighted by Gasteiger charge is 2.53. The zero-order valence-corrected chi connectivity index (χ0v) is 26.6. The number of hydrogen-bond donors (Lipinski definition) is 4. The molecule has 6 heterocycles. The highest BCUT2D eigenvalue weighted by molar-refractivity contribution is 8.00. The Morgan fingerprint density at radius 1 is 1.38 bits per heavy atom. The number of thiazole rings is 1. The molecule has 2 aliphatic rings. The first-order valence-electron chi connectivity index (χ1n) is 13.2. The number of oxime groups is 1. The molecule has 4 aromatic rings. The Morgan fingerprint density at radius 3 is 2.84 bits per heavy atom. The first-order valence-corrected chi connectivity index (χ1v) is 16.3. The van der Waals surface area contributed by atoms with Crippen LogP contribution < -0.4 is 26.5 Å². The fourth-order valence-corrected chi connectivity index (χ4v) is 8.36. The van der Waals surface area contributed by atoms with Crippen LogP contribution in [0, 0.1) is 5.41 Å². The number of anilines is 1. The van der Waals surface area contributed by atoms with E-state index in [1.54, 1.807) is 0 Å². The molecule has 0 spiro atoms. The van der Waals surface area contributed by atoms with Gasteiger partial charge in [0.25, 0.3) is 11.8 Å². The molecule has 6 rings (SSSR count). The first-order chi connectivity index (χ1) is 21.6. The Hall–Kier alpha value is -4.45. The fraction of sp³-hybridized carbons (Fsp3) is 0.222. The summed E-state index contributed by atoms with van der Waals surface area (Å²) in [5.74, 6) is -2.57. The van der Waals surface area contributed by atoms with E-state index in [2.05, 4.69) is 20.0 Å². The number of carbonyl (C=O) groups excluding carboxylic acids is 3. The lowest BCUT2D eigenvalue weighted by atomic mass is 10.0. The molecule has 1 saturated heterocycles. The predicted molar refractivity (Wildman–Crippen MR) is 169 cm³/mol. The Kier molecular flexibility index (Phi) is 8.25. The molecule has 0 aromatic carbocycles. The number of rotatable bonds is 10. The number of carboxylic acids is 1. The average molecular weight is 686 g/mol. The number of aromatic nitrogens is 3. The van der Waals surface area contributed by atoms with E-state index in [1.165, 1.54) is 30.2 Å². The van der Waals surface area contributed by atoms with Crippen molar-refractivity contribution >= 4 is 91.5 Å². The highest BCUT2D eigenvalue weighted by atomic mass is 35.5. The summed E-state index contributed by atoms with van der Waals surface area (Å²) < 4.78 is 4.10. The molecule has 0 aliphatic carbocycles. The van der Waals surface area contributed by atoms with Crippen LogP contribution in [0.2, 0.25) is 4.34 Å². The lowest BCUT2D eigenvalue weighted by Gasteiger charge is -2.50. The molecule has 4 aromatic heterocycles. The maximum Gasteiger partial charge on any atom is 0.276 e. The number of carbonyl (C=O) groups is 3. The van der Waals surface area contributed by atoms with Crippen molar-refractivity contribution in [3.63, 3.8) is 0 Å². The number of thioether (sulfide) groups is 1. The van der Waals surface area contributed by atoms with Gasteiger partial charge < -0.3 is 36.1 Å². The number of thiophene rings is 1. The van der Waals surface area contributed by atoms with Crippen LogP contribution in [0.5, 0.6) is 0 Å². The van der Waals surface area contributed by atoms with Crippen LogP contribution >= 0.6 is 46.0 Å². The van der Waals surface area contributed by atoms with Gasteiger partial charge in [-0.25, -0.2) is 4.98 Å². The molecular weight excluding hydrogens is 662 g/mol. The van der Waals surface area contributed by atoms with E-state index in [9.17, 15) is 19.5 Å². The summed E-state index contributed by atoms with van der Waals surface area (Å²) >= 11 is 9.94. The number of fused-ring (bicyclic) bond motifs is 2. The number of amidine groups is 1. The number of halogens is 1. The minimum absolute atomic E-state index is 0.00674. The number of amides is 2. The Balaban J connectivity index is 1.22. The molecule has 0 saturated carbocycles. The zero-order chi connectivity index (χ0) is 32.0. The van der Waals surface area contributed by atoms with Crippen LogP contribution in [0.25, 0.3) is 11.0 Å². The summed E-state index contributed by atoms with van der Waals surface area (Å²) in [4.78, 5) is 49.8. The van der Waals surface area contributed by atoms with Gasteiger partial charge in [-0.2, -0.15) is 4.57 Å². The van der Waals surface area contributed by atoms with Gasteiger partial charge in [0.1, 0.15) is 39.9 Å². The van der Waals surface area contributed by atoms with E-state index >= 15 is 0 Å². The van der Waals surface area contributed by atoms with E-state index in [-0.39, 0.29) is 44.7 Å². The van der Waals surface area contributed by atoms with Crippen LogP contribution in [-0.2, 0) is 32.3 Å². The molecule has 18 heteroatoms. The van der Waals surface area contributed by atoms with Gasteiger partial charge in [-0.1, -0.05) is 28.1 Å². The normalized spacial score (nSPS) is 18.1. The molecule has 232 valence electrons. The van der Waals surface area contributed by atoms with Gasteiger partial charge in [0.05, 0.1) is 18.2 Å². The van der Waals surface area contributed by atoms with Gasteiger partial charge in [0.2, 0.25) is 5.52 Å². The first kappa shape index (κ1) is 30.6. The molecule has 0 radical (unpaired) electrons. The molecule has 14 nitrogen and oxygen atoms in total. The molecular formula is C27H24ClN9O5S3. The molecule has 6 N–H and O–H groups in total. The number of nitrogens with two attached hydrogens (primary N) is 2. The summed E-state index contributed by atoms with van der Waals surface area (Å²) in [6.45, 7) is 0.775. The van der Waals surface area contributed by atoms with Gasteiger partial charge in [-0.05, 0) is 12.1 Å². The van der Waals surface area contributed by atoms with Gasteiger partial charge in [-0.15, -0.1) is 23.1 Å². The molecule has 0 bridgehead atoms. The van der Waals surface area contributed by atoms with Gasteiger partial charge in [0, 0.05) is 45.5 Å². The van der Waals surface area contributed by atoms with Crippen molar-refractivity contribution in [3.8, 4) is 0 Å². The van der Waals surface area contributed by atoms with Crippen LogP contribution in [0.15, 0.2) is 58.5 Å². The standard InChI is InChI=1S/C27H24ClN9O5S3/c1-42-34-18(17-21(28)45-27(31)33-17)23(38)32-19-24(39)37-20(26(40)41)13(11-44-25(19)37)8-35-5-2-3-15-16(35)4-6-36(15)9-14-7-12(10-43-14)22(29)30/h2-7,10,19,25H,8-9,11H2,1H3,(H6-,29,30,31,32,33,38,40,41)/b34-18-/t19-,25-/m1/s1. The van der Waals surface area contributed by atoms with Gasteiger partial charge in [0.15, 0.2) is 23.6 Å². The van der Waals surface area contributed by atoms with Gasteiger partial charge in [-0.3, -0.25) is 19.9 Å². The summed E-state index contributed by atoms with van der Waals surface area (Å²) in [5, 5.41) is 27.6. The van der Waals surface area contributed by atoms with E-state index < -0.39 is 29.2 Å². The number of hydrogen-bond acceptors (Lipinski definition) is 12. The largest absolute Gasteiger partial charge is 0.543 e. The van der Waals surface area contributed by atoms with Crippen LogP contribution in [0.1, 0.15) is 16.1 Å². The second-order valence-electron chi connectivity index (χ2n) is 9.96. The third-order valence-corrected chi connectivity index (χ3v) is 10.6. The van der Waals surface area contributed by atoms with E-state index in [4.69, 9.17) is 33.3 Å². The van der Waals surface area contributed by atoms with Crippen LogP contribution in [0.4, 0.5) is 5.13 Å². The van der Waals surface area contributed by atoms with Crippen LogP contribution in [-0.4, -0.2) is 68.1 Å². The molecule has 45 heavy (non-hydrogen) atoms. The number of nitrogens with one attached hydrogen (secondary N) is 2. The van der Waals surface area contributed by atoms with Crippen molar-refractivity contribution in [2.24, 2.45) is 10.9 Å². The quantitative estimate of drug-likeness (QED) is 0.0600. The van der Waals surface area contributed by atoms with Crippen molar-refractivity contribution in [2.75, 3.05) is 18.6 Å². The maximum atomic E-state index is 13.3. The summed E-state index contributed by atoms with van der Waals surface area (Å²) in [6, 6.07) is 6.63. The molecule has 0 unspecified atom stereocenters. The van der Waals surface area contributed by atoms with Crippen LogP contribution in [0.3, 0.4) is 0 Å². The number of nitrogens with zero attached hydrogens (tertiary/aromatic N) is 5. The number of nitrogen functional groups attached to an aromatic ring is 2. The van der Waals surface area contributed by atoms with E-state index in [1.807, 2.05) is 46.6 Å². The predicted octanol–water partition coefficient (Wildman–Crippen LogP) is 0.469. The minimum Gasteiger partial charge on any atom is -0.543 e. The molecule has 2 atom stereocenters. The minimum atomic E-state index is -1.48. The monoisotopic (exact) mass is 685 g/mol. The third kappa shape index (κ3) is 5.63. The third-order valence-electron chi connectivity index (χ3n) is 7.22. The SMILES string of the molecule is CO/N=C(\C(=O)N[C@@H]1C(=O)N2C(C(=O)[O-])=C(C[n+]3cccc4c3ccn4Cc3cc(C(=N)N)cs3)CS[C@H]12)c1nc(N)sc1Cl. The lowest BCUT2D eigenvalue weighted by molar-refractivity contribution is -0.663. The van der Waals surface area contributed by atoms with E-state index in [0.717, 1.165) is 32.1 Å². The van der Waals surface area contributed by atoms with Crippen molar-refractivity contribution < 1.29 is 28.9 Å². The molecule has 2 amide bonds. The lowest BCUT2D eigenvalue weighted by Crippen LogP contribution is -2.71.